The van der Waals surface area contributed by atoms with Crippen LogP contribution in [0.3, 0.4) is 0 Å². The molecule has 1 aliphatic heterocycles. The molecule has 1 fully saturated rings. The Balaban J connectivity index is 2.73. The molecular weight excluding hydrogens is 152 g/mol. The minimum absolute atomic E-state index is 0.262. The van der Waals surface area contributed by atoms with Gasteiger partial charge in [-0.3, -0.25) is 10.1 Å². The molecule has 5 heteroatoms. The number of likely N-dealkylation sites (N-methyl/N-ethyl adjacent to an activating group) is 1. The highest BCUT2D eigenvalue weighted by Gasteiger charge is 2.33. The average Bonchev–Trinajstić information content (AvgIpc) is 2.09. The largest absolute Gasteiger partial charge is 0.324 e. The van der Waals surface area contributed by atoms with Gasteiger partial charge in [0.1, 0.15) is 6.04 Å². The molecule has 0 aromatic carbocycles. The van der Waals surface area contributed by atoms with E-state index in [0.29, 0.717) is 5.75 Å². The Morgan fingerprint density at radius 3 is 2.50 bits per heavy atom. The smallest absolute Gasteiger partial charge is 0.315 e. The number of rotatable bonds is 1. The highest BCUT2D eigenvalue weighted by atomic mass is 32.1. The predicted octanol–water partition coefficient (Wildman–Crippen LogP) is -0.534. The van der Waals surface area contributed by atoms with Crippen molar-refractivity contribution in [1.29, 1.82) is 0 Å². The van der Waals surface area contributed by atoms with Crippen molar-refractivity contribution in [3.05, 3.63) is 0 Å². The number of hydrogen-bond acceptors (Lipinski definition) is 3. The van der Waals surface area contributed by atoms with Crippen LogP contribution in [0.2, 0.25) is 0 Å². The van der Waals surface area contributed by atoms with Crippen molar-refractivity contribution in [2.45, 2.75) is 6.04 Å². The molecule has 10 heavy (non-hydrogen) atoms. The van der Waals surface area contributed by atoms with Gasteiger partial charge in [-0.05, 0) is 0 Å². The predicted molar refractivity (Wildman–Crippen MR) is 38.9 cm³/mol. The van der Waals surface area contributed by atoms with E-state index >= 15 is 0 Å². The van der Waals surface area contributed by atoms with Gasteiger partial charge in [0.25, 0.3) is 5.91 Å². The number of carbonyl (C=O) groups is 2. The number of nitrogens with one attached hydrogen (secondary N) is 1. The lowest BCUT2D eigenvalue weighted by atomic mass is 10.3. The van der Waals surface area contributed by atoms with E-state index in [9.17, 15) is 9.59 Å². The van der Waals surface area contributed by atoms with Gasteiger partial charge in [-0.1, -0.05) is 0 Å². The van der Waals surface area contributed by atoms with Crippen molar-refractivity contribution in [3.8, 4) is 0 Å². The van der Waals surface area contributed by atoms with Crippen LogP contribution in [0.1, 0.15) is 0 Å². The average molecular weight is 160 g/mol. The first-order valence-electron chi connectivity index (χ1n) is 2.85. The monoisotopic (exact) mass is 160 g/mol. The van der Waals surface area contributed by atoms with Crippen LogP contribution in [-0.4, -0.2) is 35.7 Å². The van der Waals surface area contributed by atoms with E-state index in [1.165, 1.54) is 4.90 Å². The van der Waals surface area contributed by atoms with Gasteiger partial charge in [0.15, 0.2) is 0 Å². The zero-order chi connectivity index (χ0) is 7.72. The molecule has 1 atom stereocenters. The number of urea groups is 1. The second kappa shape index (κ2) is 2.49. The first kappa shape index (κ1) is 7.40. The van der Waals surface area contributed by atoms with Crippen LogP contribution in [0.5, 0.6) is 0 Å². The van der Waals surface area contributed by atoms with Crippen LogP contribution in [0, 0.1) is 0 Å². The van der Waals surface area contributed by atoms with Crippen LogP contribution in [0.15, 0.2) is 0 Å². The van der Waals surface area contributed by atoms with Crippen LogP contribution in [-0.2, 0) is 4.79 Å². The lowest BCUT2D eigenvalue weighted by Gasteiger charge is -2.12. The van der Waals surface area contributed by atoms with Gasteiger partial charge in [0.05, 0.1) is 0 Å². The number of imide groups is 1. The molecule has 56 valence electrons. The Morgan fingerprint density at radius 1 is 1.70 bits per heavy atom. The van der Waals surface area contributed by atoms with Crippen LogP contribution >= 0.6 is 12.6 Å². The Bertz CT molecular complexity index is 182. The lowest BCUT2D eigenvalue weighted by molar-refractivity contribution is -0.120. The number of nitrogens with zero attached hydrogens (tertiary/aromatic N) is 1. The third kappa shape index (κ3) is 0.965. The normalized spacial score (nSPS) is 25.4. The molecule has 1 N–H and O–H groups in total. The van der Waals surface area contributed by atoms with Crippen LogP contribution in [0.25, 0.3) is 0 Å². The molecule has 1 heterocycles. The molecule has 0 bridgehead atoms. The van der Waals surface area contributed by atoms with Crippen LogP contribution in [0.4, 0.5) is 4.79 Å². The standard InChI is InChI=1S/C5H8N2O2S/c1-7-3(2-10)4(8)6-5(7)9/h3,10H,2H2,1H3,(H,6,8,9)/t3-/m1/s1. The molecular formula is C5H8N2O2S. The summed E-state index contributed by atoms with van der Waals surface area (Å²) in [5.41, 5.74) is 0. The second-order valence-corrected chi connectivity index (χ2v) is 2.47. The summed E-state index contributed by atoms with van der Waals surface area (Å²) in [6.07, 6.45) is 0. The van der Waals surface area contributed by atoms with Gasteiger partial charge in [-0.2, -0.15) is 12.6 Å². The van der Waals surface area contributed by atoms with Gasteiger partial charge >= 0.3 is 6.03 Å². The molecule has 1 rings (SSSR count). The van der Waals surface area contributed by atoms with Crippen molar-refractivity contribution in [2.24, 2.45) is 0 Å². The van der Waals surface area contributed by atoms with Gasteiger partial charge in [0, 0.05) is 12.8 Å². The molecule has 0 spiro atoms. The second-order valence-electron chi connectivity index (χ2n) is 2.10. The van der Waals surface area contributed by atoms with E-state index in [0.717, 1.165) is 0 Å². The summed E-state index contributed by atoms with van der Waals surface area (Å²) in [6, 6.07) is -0.736. The summed E-state index contributed by atoms with van der Waals surface area (Å²) in [4.78, 5) is 22.9. The van der Waals surface area contributed by atoms with Gasteiger partial charge in [-0.15, -0.1) is 0 Å². The Kier molecular flexibility index (Phi) is 1.85. The van der Waals surface area contributed by atoms with E-state index < -0.39 is 6.04 Å². The first-order valence-corrected chi connectivity index (χ1v) is 3.48. The fourth-order valence-corrected chi connectivity index (χ4v) is 1.21. The molecule has 0 saturated carbocycles. The minimum atomic E-state index is -0.393. The molecule has 0 radical (unpaired) electrons. The van der Waals surface area contributed by atoms with E-state index in [1.807, 2.05) is 0 Å². The fourth-order valence-electron chi connectivity index (χ4n) is 0.800. The third-order valence-corrected chi connectivity index (χ3v) is 1.84. The van der Waals surface area contributed by atoms with Crippen molar-refractivity contribution in [1.82, 2.24) is 10.2 Å². The van der Waals surface area contributed by atoms with E-state index in [-0.39, 0.29) is 11.9 Å². The molecule has 3 amide bonds. The SMILES string of the molecule is CN1C(=O)NC(=O)[C@H]1CS. The van der Waals surface area contributed by atoms with Gasteiger partial charge in [-0.25, -0.2) is 4.79 Å². The highest BCUT2D eigenvalue weighted by molar-refractivity contribution is 7.80. The highest BCUT2D eigenvalue weighted by Crippen LogP contribution is 2.05. The molecule has 0 unspecified atom stereocenters. The summed E-state index contributed by atoms with van der Waals surface area (Å²) in [5.74, 6) is 0.108. The van der Waals surface area contributed by atoms with E-state index in [4.69, 9.17) is 0 Å². The van der Waals surface area contributed by atoms with E-state index in [2.05, 4.69) is 17.9 Å². The Labute approximate surface area is 64.0 Å². The van der Waals surface area contributed by atoms with Crippen molar-refractivity contribution in [3.63, 3.8) is 0 Å². The maximum atomic E-state index is 10.8. The quantitative estimate of drug-likeness (QED) is 0.400. The summed E-state index contributed by atoms with van der Waals surface area (Å²) in [6.45, 7) is 0. The Morgan fingerprint density at radius 2 is 2.30 bits per heavy atom. The molecule has 0 aliphatic carbocycles. The summed E-state index contributed by atoms with van der Waals surface area (Å²) >= 11 is 3.92. The number of carbonyl (C=O) groups excluding carboxylic acids is 2. The fraction of sp³-hybridized carbons (Fsp3) is 0.600. The molecule has 1 aliphatic rings. The van der Waals surface area contributed by atoms with Gasteiger partial charge in [0.2, 0.25) is 0 Å². The number of amides is 3. The van der Waals surface area contributed by atoms with Gasteiger partial charge < -0.3 is 4.90 Å². The summed E-state index contributed by atoms with van der Waals surface area (Å²) in [5, 5.41) is 2.17. The molecule has 0 aromatic heterocycles. The zero-order valence-electron chi connectivity index (χ0n) is 5.50. The van der Waals surface area contributed by atoms with Crippen LogP contribution < -0.4 is 5.32 Å². The summed E-state index contributed by atoms with van der Waals surface area (Å²) < 4.78 is 0. The maximum Gasteiger partial charge on any atom is 0.324 e. The Hall–Kier alpha value is -0.710. The van der Waals surface area contributed by atoms with Crippen molar-refractivity contribution < 1.29 is 9.59 Å². The molecule has 1 saturated heterocycles. The van der Waals surface area contributed by atoms with E-state index in [1.54, 1.807) is 7.05 Å². The minimum Gasteiger partial charge on any atom is -0.315 e. The lowest BCUT2D eigenvalue weighted by Crippen LogP contribution is -2.32. The third-order valence-electron chi connectivity index (χ3n) is 1.49. The summed E-state index contributed by atoms with van der Waals surface area (Å²) in [7, 11) is 1.57. The number of hydrogen-bond donors (Lipinski definition) is 2. The topological polar surface area (TPSA) is 49.4 Å². The molecule has 4 nitrogen and oxygen atoms in total. The zero-order valence-corrected chi connectivity index (χ0v) is 6.39. The maximum absolute atomic E-state index is 10.8. The first-order chi connectivity index (χ1) is 4.66. The van der Waals surface area contributed by atoms with Crippen molar-refractivity contribution >= 4 is 24.6 Å². The van der Waals surface area contributed by atoms with Crippen molar-refractivity contribution in [2.75, 3.05) is 12.8 Å². The number of thiol groups is 1. The molecule has 0 aromatic rings.